The van der Waals surface area contributed by atoms with Crippen LogP contribution in [0.4, 0.5) is 0 Å². The van der Waals surface area contributed by atoms with Crippen LogP contribution in [0.2, 0.25) is 0 Å². The quantitative estimate of drug-likeness (QED) is 0.730. The number of nitrogens with one attached hydrogen (secondary N) is 2. The minimum atomic E-state index is -3.61. The van der Waals surface area contributed by atoms with Crippen LogP contribution in [-0.4, -0.2) is 27.4 Å². The molecule has 0 aliphatic heterocycles. The SMILES string of the molecule is CC(C)(C)c1ccc(S(=O)(=O)NCCC(=O)NCCc2ccccc2)cc1. The third kappa shape index (κ3) is 6.81. The minimum absolute atomic E-state index is 0.0342. The highest BCUT2D eigenvalue weighted by Crippen LogP contribution is 2.23. The molecule has 0 aliphatic rings. The molecule has 0 atom stereocenters. The van der Waals surface area contributed by atoms with Gasteiger partial charge in [-0.3, -0.25) is 4.79 Å². The van der Waals surface area contributed by atoms with Gasteiger partial charge in [-0.1, -0.05) is 63.2 Å². The second-order valence-corrected chi connectivity index (χ2v) is 9.27. The molecule has 0 fully saturated rings. The Bertz CT molecular complexity index is 839. The fourth-order valence-electron chi connectivity index (χ4n) is 2.60. The largest absolute Gasteiger partial charge is 0.356 e. The van der Waals surface area contributed by atoms with Crippen molar-refractivity contribution >= 4 is 15.9 Å². The summed E-state index contributed by atoms with van der Waals surface area (Å²) in [6, 6.07) is 16.7. The molecule has 0 heterocycles. The molecule has 0 unspecified atom stereocenters. The van der Waals surface area contributed by atoms with Crippen LogP contribution in [-0.2, 0) is 26.7 Å². The third-order valence-electron chi connectivity index (χ3n) is 4.25. The monoisotopic (exact) mass is 388 g/mol. The van der Waals surface area contributed by atoms with Crippen molar-refractivity contribution in [2.75, 3.05) is 13.1 Å². The first-order valence-electron chi connectivity index (χ1n) is 9.09. The van der Waals surface area contributed by atoms with Crippen LogP contribution in [0.5, 0.6) is 0 Å². The Morgan fingerprint density at radius 1 is 0.926 bits per heavy atom. The molecule has 1 amide bonds. The molecule has 2 N–H and O–H groups in total. The summed E-state index contributed by atoms with van der Waals surface area (Å²) >= 11 is 0. The van der Waals surface area contributed by atoms with E-state index in [1.165, 1.54) is 0 Å². The smallest absolute Gasteiger partial charge is 0.240 e. The van der Waals surface area contributed by atoms with Crippen LogP contribution in [0.15, 0.2) is 59.5 Å². The van der Waals surface area contributed by atoms with Crippen LogP contribution in [0.3, 0.4) is 0 Å². The molecular weight excluding hydrogens is 360 g/mol. The van der Waals surface area contributed by atoms with E-state index in [-0.39, 0.29) is 29.2 Å². The van der Waals surface area contributed by atoms with Crippen molar-refractivity contribution < 1.29 is 13.2 Å². The minimum Gasteiger partial charge on any atom is -0.356 e. The Labute approximate surface area is 162 Å². The Hall–Kier alpha value is -2.18. The number of sulfonamides is 1. The number of amides is 1. The molecule has 2 aromatic carbocycles. The standard InChI is InChI=1S/C21H28N2O3S/c1-21(2,3)18-9-11-19(12-10-18)27(25,26)23-16-14-20(24)22-15-13-17-7-5-4-6-8-17/h4-12,23H,13-16H2,1-3H3,(H,22,24). The summed E-state index contributed by atoms with van der Waals surface area (Å²) in [7, 11) is -3.61. The second kappa shape index (κ2) is 9.15. The van der Waals surface area contributed by atoms with Gasteiger partial charge in [-0.05, 0) is 35.1 Å². The van der Waals surface area contributed by atoms with E-state index in [9.17, 15) is 13.2 Å². The highest BCUT2D eigenvalue weighted by atomic mass is 32.2. The summed E-state index contributed by atoms with van der Waals surface area (Å²) < 4.78 is 27.1. The van der Waals surface area contributed by atoms with Crippen LogP contribution in [0.25, 0.3) is 0 Å². The van der Waals surface area contributed by atoms with E-state index in [4.69, 9.17) is 0 Å². The van der Waals surface area contributed by atoms with Gasteiger partial charge in [0.15, 0.2) is 0 Å². The first kappa shape index (κ1) is 21.1. The number of carbonyl (C=O) groups excluding carboxylic acids is 1. The van der Waals surface area contributed by atoms with E-state index in [1.807, 2.05) is 42.5 Å². The van der Waals surface area contributed by atoms with Gasteiger partial charge in [0.2, 0.25) is 15.9 Å². The predicted octanol–water partition coefficient (Wildman–Crippen LogP) is 3.01. The highest BCUT2D eigenvalue weighted by Gasteiger charge is 2.17. The molecule has 0 aromatic heterocycles. The highest BCUT2D eigenvalue weighted by molar-refractivity contribution is 7.89. The van der Waals surface area contributed by atoms with Crippen molar-refractivity contribution in [3.05, 3.63) is 65.7 Å². The van der Waals surface area contributed by atoms with Gasteiger partial charge in [-0.2, -0.15) is 0 Å². The maximum atomic E-state index is 12.3. The van der Waals surface area contributed by atoms with Crippen molar-refractivity contribution in [2.45, 2.75) is 43.9 Å². The van der Waals surface area contributed by atoms with E-state index in [0.29, 0.717) is 6.54 Å². The van der Waals surface area contributed by atoms with Crippen LogP contribution < -0.4 is 10.0 Å². The van der Waals surface area contributed by atoms with Gasteiger partial charge in [0.1, 0.15) is 0 Å². The molecule has 0 bridgehead atoms. The Morgan fingerprint density at radius 2 is 1.56 bits per heavy atom. The molecule has 0 spiro atoms. The van der Waals surface area contributed by atoms with E-state index in [0.717, 1.165) is 17.5 Å². The molecule has 2 aromatic rings. The maximum absolute atomic E-state index is 12.3. The normalized spacial score (nSPS) is 12.0. The average Bonchev–Trinajstić information content (AvgIpc) is 2.62. The number of hydrogen-bond donors (Lipinski definition) is 2. The summed E-state index contributed by atoms with van der Waals surface area (Å²) in [5, 5.41) is 2.81. The van der Waals surface area contributed by atoms with Gasteiger partial charge >= 0.3 is 0 Å². The molecule has 27 heavy (non-hydrogen) atoms. The first-order valence-corrected chi connectivity index (χ1v) is 10.6. The van der Waals surface area contributed by atoms with Crippen LogP contribution >= 0.6 is 0 Å². The third-order valence-corrected chi connectivity index (χ3v) is 5.73. The lowest BCUT2D eigenvalue weighted by Gasteiger charge is -2.19. The zero-order chi connectivity index (χ0) is 19.9. The number of benzene rings is 2. The van der Waals surface area contributed by atoms with Gasteiger partial charge in [0, 0.05) is 19.5 Å². The number of hydrogen-bond acceptors (Lipinski definition) is 3. The van der Waals surface area contributed by atoms with Crippen LogP contribution in [0, 0.1) is 0 Å². The summed E-state index contributed by atoms with van der Waals surface area (Å²) in [4.78, 5) is 12.1. The molecule has 0 radical (unpaired) electrons. The molecule has 5 nitrogen and oxygen atoms in total. The van der Waals surface area contributed by atoms with Crippen molar-refractivity contribution in [3.63, 3.8) is 0 Å². The summed E-state index contributed by atoms with van der Waals surface area (Å²) in [6.45, 7) is 6.83. The Morgan fingerprint density at radius 3 is 2.15 bits per heavy atom. The van der Waals surface area contributed by atoms with Gasteiger partial charge < -0.3 is 5.32 Å². The number of rotatable bonds is 8. The zero-order valence-corrected chi connectivity index (χ0v) is 17.0. The molecule has 6 heteroatoms. The molecule has 2 rings (SSSR count). The van der Waals surface area contributed by atoms with Gasteiger partial charge in [0.05, 0.1) is 4.90 Å². The number of carbonyl (C=O) groups is 1. The fraction of sp³-hybridized carbons (Fsp3) is 0.381. The van der Waals surface area contributed by atoms with E-state index < -0.39 is 10.0 Å². The Balaban J connectivity index is 1.77. The van der Waals surface area contributed by atoms with Gasteiger partial charge in [0.25, 0.3) is 0 Å². The lowest BCUT2D eigenvalue weighted by Crippen LogP contribution is -2.31. The van der Waals surface area contributed by atoms with E-state index in [1.54, 1.807) is 12.1 Å². The maximum Gasteiger partial charge on any atom is 0.240 e. The summed E-state index contributed by atoms with van der Waals surface area (Å²) in [5.74, 6) is -0.170. The molecular formula is C21H28N2O3S. The topological polar surface area (TPSA) is 75.3 Å². The predicted molar refractivity (Wildman–Crippen MR) is 108 cm³/mol. The fourth-order valence-corrected chi connectivity index (χ4v) is 3.63. The summed E-state index contributed by atoms with van der Waals surface area (Å²) in [6.07, 6.45) is 0.854. The van der Waals surface area contributed by atoms with Crippen molar-refractivity contribution in [3.8, 4) is 0 Å². The zero-order valence-electron chi connectivity index (χ0n) is 16.2. The first-order chi connectivity index (χ1) is 12.7. The van der Waals surface area contributed by atoms with Crippen molar-refractivity contribution in [1.82, 2.24) is 10.0 Å². The molecule has 0 saturated heterocycles. The molecule has 146 valence electrons. The van der Waals surface area contributed by atoms with Gasteiger partial charge in [-0.25, -0.2) is 13.1 Å². The lowest BCUT2D eigenvalue weighted by atomic mass is 9.87. The van der Waals surface area contributed by atoms with Crippen LogP contribution in [0.1, 0.15) is 38.3 Å². The lowest BCUT2D eigenvalue weighted by molar-refractivity contribution is -0.120. The summed E-state index contributed by atoms with van der Waals surface area (Å²) in [5.41, 5.74) is 2.18. The van der Waals surface area contributed by atoms with E-state index in [2.05, 4.69) is 30.8 Å². The second-order valence-electron chi connectivity index (χ2n) is 7.51. The molecule has 0 saturated carbocycles. The Kier molecular flexibility index (Phi) is 7.16. The van der Waals surface area contributed by atoms with E-state index >= 15 is 0 Å². The molecule has 0 aliphatic carbocycles. The average molecular weight is 389 g/mol. The van der Waals surface area contributed by atoms with Gasteiger partial charge in [-0.15, -0.1) is 0 Å². The van der Waals surface area contributed by atoms with Crippen molar-refractivity contribution in [2.24, 2.45) is 0 Å². The van der Waals surface area contributed by atoms with Crippen molar-refractivity contribution in [1.29, 1.82) is 0 Å².